The van der Waals surface area contributed by atoms with E-state index in [0.29, 0.717) is 0 Å². The highest BCUT2D eigenvalue weighted by Crippen LogP contribution is 2.05. The third-order valence-corrected chi connectivity index (χ3v) is 2.36. The number of nitrogens with zero attached hydrogens (tertiary/aromatic N) is 3. The van der Waals surface area contributed by atoms with E-state index in [-0.39, 0.29) is 11.5 Å². The van der Waals surface area contributed by atoms with E-state index in [0.717, 1.165) is 11.1 Å². The van der Waals surface area contributed by atoms with Gasteiger partial charge in [0, 0.05) is 0 Å². The number of amides is 1. The number of benzene rings is 1. The number of anilines is 1. The lowest BCUT2D eigenvalue weighted by atomic mass is 10.1. The fourth-order valence-corrected chi connectivity index (χ4v) is 1.45. The van der Waals surface area contributed by atoms with E-state index >= 15 is 0 Å². The molecule has 3 N–H and O–H groups in total. The van der Waals surface area contributed by atoms with E-state index in [9.17, 15) is 4.79 Å². The molecule has 0 unspecified atom stereocenters. The predicted molar refractivity (Wildman–Crippen MR) is 74.8 cm³/mol. The fourth-order valence-electron chi connectivity index (χ4n) is 1.45. The van der Waals surface area contributed by atoms with Crippen LogP contribution in [0, 0.1) is 0 Å². The molecular weight excluding hydrogens is 258 g/mol. The summed E-state index contributed by atoms with van der Waals surface area (Å²) >= 11 is 0. The SMILES string of the molecule is CC(/C=N/NC(=O)c1nonc1N)=C\c1ccccc1. The first-order chi connectivity index (χ1) is 9.66. The highest BCUT2D eigenvalue weighted by molar-refractivity contribution is 5.96. The summed E-state index contributed by atoms with van der Waals surface area (Å²) in [6.45, 7) is 1.87. The van der Waals surface area contributed by atoms with Gasteiger partial charge in [-0.25, -0.2) is 10.1 Å². The van der Waals surface area contributed by atoms with Crippen molar-refractivity contribution in [2.75, 3.05) is 5.73 Å². The molecule has 1 heterocycles. The molecule has 0 aliphatic heterocycles. The molecule has 0 spiro atoms. The number of hydrogen-bond donors (Lipinski definition) is 2. The average Bonchev–Trinajstić information content (AvgIpc) is 2.86. The molecule has 20 heavy (non-hydrogen) atoms. The van der Waals surface area contributed by atoms with Crippen LogP contribution in [0.3, 0.4) is 0 Å². The largest absolute Gasteiger partial charge is 0.379 e. The van der Waals surface area contributed by atoms with E-state index < -0.39 is 5.91 Å². The van der Waals surface area contributed by atoms with Crippen molar-refractivity contribution in [1.29, 1.82) is 0 Å². The molecule has 0 aliphatic rings. The molecule has 2 rings (SSSR count). The van der Waals surface area contributed by atoms with Gasteiger partial charge in [-0.15, -0.1) is 0 Å². The van der Waals surface area contributed by atoms with Gasteiger partial charge in [0.15, 0.2) is 0 Å². The lowest BCUT2D eigenvalue weighted by molar-refractivity contribution is 0.0946. The average molecular weight is 271 g/mol. The first kappa shape index (κ1) is 13.5. The second-order valence-electron chi connectivity index (χ2n) is 4.00. The van der Waals surface area contributed by atoms with E-state index in [1.165, 1.54) is 6.21 Å². The lowest BCUT2D eigenvalue weighted by Crippen LogP contribution is -2.19. The highest BCUT2D eigenvalue weighted by atomic mass is 16.6. The van der Waals surface area contributed by atoms with Crippen molar-refractivity contribution in [3.05, 3.63) is 47.2 Å². The highest BCUT2D eigenvalue weighted by Gasteiger charge is 2.14. The van der Waals surface area contributed by atoms with Gasteiger partial charge in [-0.2, -0.15) is 5.10 Å². The van der Waals surface area contributed by atoms with Crippen molar-refractivity contribution in [3.63, 3.8) is 0 Å². The maximum absolute atomic E-state index is 11.6. The lowest BCUT2D eigenvalue weighted by Gasteiger charge is -1.96. The number of carbonyl (C=O) groups is 1. The van der Waals surface area contributed by atoms with Gasteiger partial charge < -0.3 is 5.73 Å². The monoisotopic (exact) mass is 271 g/mol. The van der Waals surface area contributed by atoms with Crippen molar-refractivity contribution in [2.45, 2.75) is 6.92 Å². The summed E-state index contributed by atoms with van der Waals surface area (Å²) in [6, 6.07) is 9.77. The minimum atomic E-state index is -0.576. The van der Waals surface area contributed by atoms with Crippen LogP contribution in [0.2, 0.25) is 0 Å². The maximum Gasteiger partial charge on any atom is 0.297 e. The van der Waals surface area contributed by atoms with Gasteiger partial charge in [-0.05, 0) is 28.4 Å². The summed E-state index contributed by atoms with van der Waals surface area (Å²) in [4.78, 5) is 11.6. The Balaban J connectivity index is 1.95. The first-order valence-electron chi connectivity index (χ1n) is 5.81. The van der Waals surface area contributed by atoms with Crippen LogP contribution >= 0.6 is 0 Å². The molecule has 0 aliphatic carbocycles. The zero-order chi connectivity index (χ0) is 14.4. The zero-order valence-electron chi connectivity index (χ0n) is 10.8. The van der Waals surface area contributed by atoms with Crippen LogP contribution < -0.4 is 11.2 Å². The number of aromatic nitrogens is 2. The van der Waals surface area contributed by atoms with Crippen molar-refractivity contribution >= 4 is 24.0 Å². The molecule has 102 valence electrons. The topological polar surface area (TPSA) is 106 Å². The van der Waals surface area contributed by atoms with Gasteiger partial charge in [0.25, 0.3) is 5.91 Å². The second kappa shape index (κ2) is 6.28. The molecule has 2 aromatic rings. The Morgan fingerprint density at radius 1 is 1.35 bits per heavy atom. The second-order valence-corrected chi connectivity index (χ2v) is 4.00. The third-order valence-electron chi connectivity index (χ3n) is 2.36. The summed E-state index contributed by atoms with van der Waals surface area (Å²) in [5.41, 5.74) is 9.51. The number of allylic oxidation sites excluding steroid dienone is 1. The quantitative estimate of drug-likeness (QED) is 0.647. The summed E-state index contributed by atoms with van der Waals surface area (Å²) in [6.07, 6.45) is 3.45. The van der Waals surface area contributed by atoms with Crippen molar-refractivity contribution in [3.8, 4) is 0 Å². The Hall–Kier alpha value is -2.96. The summed E-state index contributed by atoms with van der Waals surface area (Å²) in [7, 11) is 0. The van der Waals surface area contributed by atoms with Gasteiger partial charge in [-0.3, -0.25) is 4.79 Å². The molecule has 0 radical (unpaired) electrons. The molecule has 0 bridgehead atoms. The zero-order valence-corrected chi connectivity index (χ0v) is 10.8. The summed E-state index contributed by atoms with van der Waals surface area (Å²) in [5, 5.41) is 10.5. The van der Waals surface area contributed by atoms with Crippen molar-refractivity contribution < 1.29 is 9.42 Å². The molecular formula is C13H13N5O2. The third kappa shape index (κ3) is 3.52. The smallest absolute Gasteiger partial charge is 0.297 e. The minimum absolute atomic E-state index is 0.0748. The minimum Gasteiger partial charge on any atom is -0.379 e. The summed E-state index contributed by atoms with van der Waals surface area (Å²) in [5.74, 6) is -0.651. The Kier molecular flexibility index (Phi) is 4.23. The standard InChI is InChI=1S/C13H13N5O2/c1-9(7-10-5-3-2-4-6-10)8-15-16-13(19)11-12(14)18-20-17-11/h2-8H,1H3,(H2,14,18)(H,16,19)/b9-7+,15-8+. The van der Waals surface area contributed by atoms with Crippen molar-refractivity contribution in [2.24, 2.45) is 5.10 Å². The molecule has 0 saturated heterocycles. The Bertz CT molecular complexity index is 646. The Morgan fingerprint density at radius 3 is 2.75 bits per heavy atom. The van der Waals surface area contributed by atoms with Gasteiger partial charge >= 0.3 is 0 Å². The number of rotatable bonds is 4. The fraction of sp³-hybridized carbons (Fsp3) is 0.0769. The number of nitrogens with two attached hydrogens (primary N) is 1. The van der Waals surface area contributed by atoms with Gasteiger partial charge in [-0.1, -0.05) is 36.4 Å². The normalized spacial score (nSPS) is 11.8. The number of nitrogen functional groups attached to an aromatic ring is 1. The van der Waals surface area contributed by atoms with Crippen molar-refractivity contribution in [1.82, 2.24) is 15.7 Å². The van der Waals surface area contributed by atoms with Gasteiger partial charge in [0.05, 0.1) is 6.21 Å². The number of carbonyl (C=O) groups excluding carboxylic acids is 1. The van der Waals surface area contributed by atoms with Crippen LogP contribution in [0.25, 0.3) is 6.08 Å². The number of hydrazone groups is 1. The molecule has 0 fully saturated rings. The number of nitrogens with one attached hydrogen (secondary N) is 1. The van der Waals surface area contributed by atoms with Crippen LogP contribution in [0.15, 0.2) is 45.6 Å². The van der Waals surface area contributed by atoms with E-state index in [4.69, 9.17) is 5.73 Å². The van der Waals surface area contributed by atoms with Crippen LogP contribution in [-0.2, 0) is 0 Å². The molecule has 1 aromatic heterocycles. The van der Waals surface area contributed by atoms with Crippen LogP contribution in [0.1, 0.15) is 23.0 Å². The molecule has 0 saturated carbocycles. The Morgan fingerprint density at radius 2 is 2.10 bits per heavy atom. The molecule has 1 aromatic carbocycles. The van der Waals surface area contributed by atoms with Crippen LogP contribution in [-0.4, -0.2) is 22.4 Å². The molecule has 1 amide bonds. The van der Waals surface area contributed by atoms with Gasteiger partial charge in [0.2, 0.25) is 11.5 Å². The van der Waals surface area contributed by atoms with Crippen LogP contribution in [0.5, 0.6) is 0 Å². The van der Waals surface area contributed by atoms with E-state index in [2.05, 4.69) is 25.5 Å². The molecule has 7 nitrogen and oxygen atoms in total. The Labute approximate surface area is 115 Å². The first-order valence-corrected chi connectivity index (χ1v) is 5.81. The molecule has 7 heteroatoms. The van der Waals surface area contributed by atoms with E-state index in [1.54, 1.807) is 0 Å². The van der Waals surface area contributed by atoms with E-state index in [1.807, 2.05) is 43.3 Å². The number of hydrogen-bond acceptors (Lipinski definition) is 6. The van der Waals surface area contributed by atoms with Gasteiger partial charge in [0.1, 0.15) is 0 Å². The predicted octanol–water partition coefficient (Wildman–Crippen LogP) is 1.47. The molecule has 0 atom stereocenters. The maximum atomic E-state index is 11.6. The van der Waals surface area contributed by atoms with Crippen LogP contribution in [0.4, 0.5) is 5.82 Å². The summed E-state index contributed by atoms with van der Waals surface area (Å²) < 4.78 is 4.32.